The summed E-state index contributed by atoms with van der Waals surface area (Å²) in [6.45, 7) is 1.17. The normalized spacial score (nSPS) is 15.0. The van der Waals surface area contributed by atoms with Crippen LogP contribution in [0.2, 0.25) is 0 Å². The van der Waals surface area contributed by atoms with Gasteiger partial charge in [-0.05, 0) is 43.4 Å². The van der Waals surface area contributed by atoms with Crippen molar-refractivity contribution in [2.24, 2.45) is 4.99 Å². The highest BCUT2D eigenvalue weighted by Crippen LogP contribution is 2.29. The van der Waals surface area contributed by atoms with Gasteiger partial charge in [0.15, 0.2) is 5.96 Å². The minimum atomic E-state index is -0.919. The van der Waals surface area contributed by atoms with Crippen molar-refractivity contribution in [1.82, 2.24) is 10.6 Å². The van der Waals surface area contributed by atoms with E-state index in [1.807, 2.05) is 48.5 Å². The number of benzene rings is 2. The second kappa shape index (κ2) is 14.4. The Bertz CT molecular complexity index is 874. The molecule has 1 atom stereocenters. The van der Waals surface area contributed by atoms with Crippen LogP contribution < -0.4 is 20.1 Å². The molecule has 8 heteroatoms. The van der Waals surface area contributed by atoms with E-state index < -0.39 is 10.8 Å². The van der Waals surface area contributed by atoms with Crippen LogP contribution in [0.3, 0.4) is 0 Å². The molecule has 6 nitrogen and oxygen atoms in total. The first kappa shape index (κ1) is 26.4. The van der Waals surface area contributed by atoms with Crippen molar-refractivity contribution in [3.63, 3.8) is 0 Å². The molecule has 0 radical (unpaired) electrons. The zero-order valence-corrected chi connectivity index (χ0v) is 22.0. The maximum atomic E-state index is 12.3. The monoisotopic (exact) mass is 571 g/mol. The molecule has 3 rings (SSSR count). The Morgan fingerprint density at radius 3 is 2.56 bits per heavy atom. The Balaban J connectivity index is 0.00000363. The second-order valence-corrected chi connectivity index (χ2v) is 9.20. The predicted molar refractivity (Wildman–Crippen MR) is 143 cm³/mol. The van der Waals surface area contributed by atoms with E-state index in [2.05, 4.69) is 15.6 Å². The number of hydrogen-bond acceptors (Lipinski definition) is 4. The van der Waals surface area contributed by atoms with E-state index in [0.29, 0.717) is 30.6 Å². The van der Waals surface area contributed by atoms with Crippen molar-refractivity contribution >= 4 is 40.7 Å². The first-order valence-corrected chi connectivity index (χ1v) is 12.3. The maximum Gasteiger partial charge on any atom is 0.191 e. The molecule has 0 aliphatic heterocycles. The summed E-state index contributed by atoms with van der Waals surface area (Å²) in [6.07, 6.45) is 4.94. The molecule has 0 saturated heterocycles. The molecule has 1 aliphatic carbocycles. The largest absolute Gasteiger partial charge is 0.497 e. The summed E-state index contributed by atoms with van der Waals surface area (Å²) in [6, 6.07) is 15.9. The third-order valence-corrected chi connectivity index (χ3v) is 6.65. The molecular formula is C24H34IN3O3S. The van der Waals surface area contributed by atoms with Crippen LogP contribution in [0.4, 0.5) is 0 Å². The molecule has 1 saturated carbocycles. The van der Waals surface area contributed by atoms with Crippen LogP contribution in [0.5, 0.6) is 11.5 Å². The predicted octanol–water partition coefficient (Wildman–Crippen LogP) is 4.25. The number of methoxy groups -OCH3 is 1. The van der Waals surface area contributed by atoms with Gasteiger partial charge in [-0.3, -0.25) is 9.20 Å². The van der Waals surface area contributed by atoms with Crippen LogP contribution in [-0.4, -0.2) is 42.7 Å². The molecule has 0 amide bonds. The fraction of sp³-hybridized carbons (Fsp3) is 0.458. The number of ether oxygens (including phenoxy) is 2. The smallest absolute Gasteiger partial charge is 0.191 e. The summed E-state index contributed by atoms with van der Waals surface area (Å²) in [7, 11) is 2.48. The first-order valence-electron chi connectivity index (χ1n) is 10.8. The number of hydrogen-bond donors (Lipinski definition) is 2. The molecule has 0 bridgehead atoms. The lowest BCUT2D eigenvalue weighted by Crippen LogP contribution is -2.38. The van der Waals surface area contributed by atoms with Crippen LogP contribution in [0.1, 0.15) is 36.8 Å². The van der Waals surface area contributed by atoms with Gasteiger partial charge in [-0.25, -0.2) is 0 Å². The molecular weight excluding hydrogens is 537 g/mol. The summed E-state index contributed by atoms with van der Waals surface area (Å²) < 4.78 is 24.0. The van der Waals surface area contributed by atoms with Gasteiger partial charge in [-0.15, -0.1) is 24.0 Å². The van der Waals surface area contributed by atoms with Gasteiger partial charge in [-0.1, -0.05) is 30.3 Å². The van der Waals surface area contributed by atoms with Crippen molar-refractivity contribution in [1.29, 1.82) is 0 Å². The fourth-order valence-corrected chi connectivity index (χ4v) is 4.66. The molecule has 2 aromatic carbocycles. The van der Waals surface area contributed by atoms with E-state index in [1.165, 1.54) is 12.8 Å². The molecule has 0 spiro atoms. The summed E-state index contributed by atoms with van der Waals surface area (Å²) in [5, 5.41) is 6.58. The number of guanidine groups is 1. The minimum Gasteiger partial charge on any atom is -0.497 e. The van der Waals surface area contributed by atoms with Crippen LogP contribution in [0, 0.1) is 0 Å². The number of rotatable bonds is 10. The average molecular weight is 572 g/mol. The van der Waals surface area contributed by atoms with Crippen molar-refractivity contribution in [3.05, 3.63) is 59.7 Å². The number of nitrogens with zero attached hydrogens (tertiary/aromatic N) is 1. The highest BCUT2D eigenvalue weighted by molar-refractivity contribution is 14.0. The van der Waals surface area contributed by atoms with E-state index in [1.54, 1.807) is 14.2 Å². The fourth-order valence-electron chi connectivity index (χ4n) is 3.62. The summed E-state index contributed by atoms with van der Waals surface area (Å²) in [4.78, 5) is 4.28. The summed E-state index contributed by atoms with van der Waals surface area (Å²) in [5.74, 6) is 3.47. The van der Waals surface area contributed by atoms with Gasteiger partial charge in [0.2, 0.25) is 0 Å². The zero-order chi connectivity index (χ0) is 21.9. The zero-order valence-electron chi connectivity index (χ0n) is 18.8. The Labute approximate surface area is 211 Å². The van der Waals surface area contributed by atoms with E-state index in [-0.39, 0.29) is 30.1 Å². The van der Waals surface area contributed by atoms with Crippen molar-refractivity contribution in [2.45, 2.75) is 44.1 Å². The van der Waals surface area contributed by atoms with Crippen molar-refractivity contribution in [2.75, 3.05) is 26.5 Å². The van der Waals surface area contributed by atoms with Crippen LogP contribution in [-0.2, 0) is 23.1 Å². The van der Waals surface area contributed by atoms with Crippen LogP contribution in [0.25, 0.3) is 0 Å². The van der Waals surface area contributed by atoms with Gasteiger partial charge < -0.3 is 20.1 Å². The topological polar surface area (TPSA) is 72.0 Å². The molecule has 176 valence electrons. The number of nitrogens with one attached hydrogen (secondary N) is 2. The van der Waals surface area contributed by atoms with Gasteiger partial charge >= 0.3 is 0 Å². The molecule has 2 N–H and O–H groups in total. The Morgan fingerprint density at radius 2 is 1.88 bits per heavy atom. The third kappa shape index (κ3) is 8.61. The molecule has 1 aliphatic rings. The lowest BCUT2D eigenvalue weighted by molar-refractivity contribution is 0.207. The Hall–Kier alpha value is -1.81. The minimum absolute atomic E-state index is 0. The van der Waals surface area contributed by atoms with Gasteiger partial charge in [0, 0.05) is 54.1 Å². The quantitative estimate of drug-likeness (QED) is 0.254. The Kier molecular flexibility index (Phi) is 11.9. The Morgan fingerprint density at radius 1 is 1.12 bits per heavy atom. The van der Waals surface area contributed by atoms with E-state index >= 15 is 0 Å². The maximum absolute atomic E-state index is 12.3. The van der Waals surface area contributed by atoms with Gasteiger partial charge in [0.25, 0.3) is 0 Å². The van der Waals surface area contributed by atoms with Crippen molar-refractivity contribution in [3.8, 4) is 11.5 Å². The lowest BCUT2D eigenvalue weighted by Gasteiger charge is -2.19. The highest BCUT2D eigenvalue weighted by Gasteiger charge is 2.18. The number of halogens is 1. The summed E-state index contributed by atoms with van der Waals surface area (Å²) in [5.41, 5.74) is 2.15. The van der Waals surface area contributed by atoms with E-state index in [9.17, 15) is 4.21 Å². The SMILES string of the molecule is CN=C(NCCS(=O)Cc1ccccc1)NCc1ccc(OC)cc1OC1CCCC1.I. The average Bonchev–Trinajstić information content (AvgIpc) is 3.30. The molecule has 1 fully saturated rings. The van der Waals surface area contributed by atoms with Gasteiger partial charge in [-0.2, -0.15) is 0 Å². The van der Waals surface area contributed by atoms with Crippen LogP contribution >= 0.6 is 24.0 Å². The van der Waals surface area contributed by atoms with E-state index in [4.69, 9.17) is 9.47 Å². The van der Waals surface area contributed by atoms with E-state index in [0.717, 1.165) is 35.5 Å². The third-order valence-electron chi connectivity index (χ3n) is 5.33. The van der Waals surface area contributed by atoms with Gasteiger partial charge in [0.1, 0.15) is 11.5 Å². The molecule has 0 heterocycles. The second-order valence-electron chi connectivity index (χ2n) is 7.62. The molecule has 32 heavy (non-hydrogen) atoms. The summed E-state index contributed by atoms with van der Waals surface area (Å²) >= 11 is 0. The highest BCUT2D eigenvalue weighted by atomic mass is 127. The lowest BCUT2D eigenvalue weighted by atomic mass is 10.2. The standard InChI is InChI=1S/C24H33N3O3S.HI/c1-25-24(26-14-15-31(28)18-19-8-4-3-5-9-19)27-17-20-12-13-22(29-2)16-23(20)30-21-10-6-7-11-21;/h3-5,8-9,12-13,16,21H,6-7,10-11,14-15,17-18H2,1-2H3,(H2,25,26,27);1H. The number of aliphatic imine (C=N–C) groups is 1. The van der Waals surface area contributed by atoms with Crippen molar-refractivity contribution < 1.29 is 13.7 Å². The molecule has 2 aromatic rings. The van der Waals surface area contributed by atoms with Crippen LogP contribution in [0.15, 0.2) is 53.5 Å². The first-order chi connectivity index (χ1) is 15.2. The molecule has 1 unspecified atom stereocenters. The van der Waals surface area contributed by atoms with Gasteiger partial charge in [0.05, 0.1) is 13.2 Å². The molecule has 0 aromatic heterocycles.